The SMILES string of the molecule is CCNC(=O)NC(=O)[C@H](C)OC(=O)c1ccc(OCC(C)C)c(OC)c1. The molecule has 2 N–H and O–H groups in total. The molecule has 0 aliphatic rings. The van der Waals surface area contributed by atoms with Crippen molar-refractivity contribution in [1.82, 2.24) is 10.6 Å². The van der Waals surface area contributed by atoms with E-state index in [0.29, 0.717) is 30.6 Å². The summed E-state index contributed by atoms with van der Waals surface area (Å²) >= 11 is 0. The van der Waals surface area contributed by atoms with Crippen molar-refractivity contribution in [2.24, 2.45) is 5.92 Å². The summed E-state index contributed by atoms with van der Waals surface area (Å²) in [6, 6.07) is 3.96. The zero-order valence-corrected chi connectivity index (χ0v) is 15.8. The number of esters is 1. The van der Waals surface area contributed by atoms with E-state index >= 15 is 0 Å². The standard InChI is InChI=1S/C18H26N2O6/c1-6-19-18(23)20-16(21)12(4)26-17(22)13-7-8-14(15(9-13)24-5)25-10-11(2)3/h7-9,11-12H,6,10H2,1-5H3,(H2,19,20,21,23)/t12-/m0/s1. The molecule has 0 unspecified atom stereocenters. The summed E-state index contributed by atoms with van der Waals surface area (Å²) in [6.07, 6.45) is -1.13. The van der Waals surface area contributed by atoms with Gasteiger partial charge < -0.3 is 19.5 Å². The third kappa shape index (κ3) is 6.62. The first-order valence-electron chi connectivity index (χ1n) is 8.39. The van der Waals surface area contributed by atoms with E-state index in [-0.39, 0.29) is 5.56 Å². The second-order valence-corrected chi connectivity index (χ2v) is 5.97. The summed E-state index contributed by atoms with van der Waals surface area (Å²) in [5.74, 6) is -0.182. The number of urea groups is 1. The predicted molar refractivity (Wildman–Crippen MR) is 95.4 cm³/mol. The highest BCUT2D eigenvalue weighted by molar-refractivity contribution is 5.98. The summed E-state index contributed by atoms with van der Waals surface area (Å²) < 4.78 is 15.9. The maximum Gasteiger partial charge on any atom is 0.339 e. The van der Waals surface area contributed by atoms with Crippen molar-refractivity contribution in [3.05, 3.63) is 23.8 Å². The fourth-order valence-corrected chi connectivity index (χ4v) is 1.87. The van der Waals surface area contributed by atoms with Crippen LogP contribution in [-0.4, -0.2) is 44.3 Å². The molecule has 8 heteroatoms. The molecule has 1 rings (SSSR count). The lowest BCUT2D eigenvalue weighted by Gasteiger charge is -2.15. The van der Waals surface area contributed by atoms with Crippen LogP contribution in [0.2, 0.25) is 0 Å². The van der Waals surface area contributed by atoms with Crippen molar-refractivity contribution in [3.63, 3.8) is 0 Å². The van der Waals surface area contributed by atoms with Gasteiger partial charge in [-0.3, -0.25) is 10.1 Å². The number of ether oxygens (including phenoxy) is 3. The number of carbonyl (C=O) groups is 3. The van der Waals surface area contributed by atoms with E-state index < -0.39 is 24.0 Å². The molecular formula is C18H26N2O6. The second-order valence-electron chi connectivity index (χ2n) is 5.97. The number of amides is 3. The average Bonchev–Trinajstić information content (AvgIpc) is 2.59. The van der Waals surface area contributed by atoms with Crippen molar-refractivity contribution in [3.8, 4) is 11.5 Å². The number of rotatable bonds is 8. The van der Waals surface area contributed by atoms with Crippen LogP contribution in [0.1, 0.15) is 38.1 Å². The van der Waals surface area contributed by atoms with Gasteiger partial charge in [0.05, 0.1) is 19.3 Å². The van der Waals surface area contributed by atoms with E-state index in [0.717, 1.165) is 0 Å². The minimum Gasteiger partial charge on any atom is -0.493 e. The lowest BCUT2D eigenvalue weighted by molar-refractivity contribution is -0.127. The molecule has 0 aliphatic heterocycles. The fourth-order valence-electron chi connectivity index (χ4n) is 1.87. The summed E-state index contributed by atoms with van der Waals surface area (Å²) in [7, 11) is 1.47. The van der Waals surface area contributed by atoms with E-state index in [1.165, 1.54) is 26.2 Å². The Labute approximate surface area is 153 Å². The first-order valence-corrected chi connectivity index (χ1v) is 8.39. The van der Waals surface area contributed by atoms with Crippen LogP contribution in [0, 0.1) is 5.92 Å². The Morgan fingerprint density at radius 1 is 1.12 bits per heavy atom. The molecule has 0 saturated carbocycles. The van der Waals surface area contributed by atoms with Gasteiger partial charge in [-0.05, 0) is 38.0 Å². The van der Waals surface area contributed by atoms with E-state index in [2.05, 4.69) is 10.6 Å². The van der Waals surface area contributed by atoms with Gasteiger partial charge in [0, 0.05) is 6.54 Å². The van der Waals surface area contributed by atoms with Crippen LogP contribution < -0.4 is 20.1 Å². The topological polar surface area (TPSA) is 103 Å². The molecule has 1 aromatic carbocycles. The molecular weight excluding hydrogens is 340 g/mol. The molecule has 8 nitrogen and oxygen atoms in total. The van der Waals surface area contributed by atoms with Gasteiger partial charge in [-0.15, -0.1) is 0 Å². The van der Waals surface area contributed by atoms with Crippen LogP contribution in [0.3, 0.4) is 0 Å². The summed E-state index contributed by atoms with van der Waals surface area (Å²) in [6.45, 7) is 8.02. The summed E-state index contributed by atoms with van der Waals surface area (Å²) in [5.41, 5.74) is 0.205. The molecule has 1 aromatic rings. The maximum absolute atomic E-state index is 12.2. The van der Waals surface area contributed by atoms with Gasteiger partial charge in [0.15, 0.2) is 17.6 Å². The Hall–Kier alpha value is -2.77. The smallest absolute Gasteiger partial charge is 0.339 e. The Balaban J connectivity index is 2.74. The van der Waals surface area contributed by atoms with Crippen LogP contribution >= 0.6 is 0 Å². The minimum absolute atomic E-state index is 0.205. The van der Waals surface area contributed by atoms with E-state index in [9.17, 15) is 14.4 Å². The molecule has 0 saturated heterocycles. The first kappa shape index (κ1) is 21.3. The molecule has 0 spiro atoms. The van der Waals surface area contributed by atoms with Gasteiger partial charge in [0.1, 0.15) is 0 Å². The molecule has 26 heavy (non-hydrogen) atoms. The van der Waals surface area contributed by atoms with Crippen LogP contribution in [0.5, 0.6) is 11.5 Å². The van der Waals surface area contributed by atoms with Gasteiger partial charge in [-0.2, -0.15) is 0 Å². The number of benzene rings is 1. The Morgan fingerprint density at radius 3 is 2.38 bits per heavy atom. The van der Waals surface area contributed by atoms with Gasteiger partial charge in [-0.1, -0.05) is 13.8 Å². The number of carbonyl (C=O) groups excluding carboxylic acids is 3. The third-order valence-electron chi connectivity index (χ3n) is 3.20. The average molecular weight is 366 g/mol. The second kappa shape index (κ2) is 10.3. The van der Waals surface area contributed by atoms with E-state index in [1.807, 2.05) is 13.8 Å². The Morgan fingerprint density at radius 2 is 1.81 bits per heavy atom. The molecule has 0 aliphatic carbocycles. The van der Waals surface area contributed by atoms with Crippen molar-refractivity contribution in [1.29, 1.82) is 0 Å². The quantitative estimate of drug-likeness (QED) is 0.683. The van der Waals surface area contributed by atoms with Crippen molar-refractivity contribution < 1.29 is 28.6 Å². The fraction of sp³-hybridized carbons (Fsp3) is 0.500. The van der Waals surface area contributed by atoms with Gasteiger partial charge >= 0.3 is 12.0 Å². The lowest BCUT2D eigenvalue weighted by atomic mass is 10.2. The van der Waals surface area contributed by atoms with Gasteiger partial charge in [-0.25, -0.2) is 9.59 Å². The largest absolute Gasteiger partial charge is 0.493 e. The van der Waals surface area contributed by atoms with Gasteiger partial charge in [0.25, 0.3) is 5.91 Å². The highest BCUT2D eigenvalue weighted by Crippen LogP contribution is 2.28. The molecule has 0 radical (unpaired) electrons. The molecule has 0 fully saturated rings. The Bertz CT molecular complexity index is 645. The zero-order chi connectivity index (χ0) is 19.7. The van der Waals surface area contributed by atoms with E-state index in [4.69, 9.17) is 14.2 Å². The normalized spacial score (nSPS) is 11.5. The van der Waals surface area contributed by atoms with Crippen LogP contribution in [0.25, 0.3) is 0 Å². The van der Waals surface area contributed by atoms with E-state index in [1.54, 1.807) is 13.0 Å². The van der Waals surface area contributed by atoms with Crippen LogP contribution in [0.15, 0.2) is 18.2 Å². The number of hydrogen-bond donors (Lipinski definition) is 2. The molecule has 1 atom stereocenters. The highest BCUT2D eigenvalue weighted by atomic mass is 16.5. The van der Waals surface area contributed by atoms with Crippen molar-refractivity contribution in [2.75, 3.05) is 20.3 Å². The number of hydrogen-bond acceptors (Lipinski definition) is 6. The van der Waals surface area contributed by atoms with Gasteiger partial charge in [0.2, 0.25) is 0 Å². The minimum atomic E-state index is -1.13. The van der Waals surface area contributed by atoms with Crippen molar-refractivity contribution in [2.45, 2.75) is 33.8 Å². The number of imide groups is 1. The Kier molecular flexibility index (Phi) is 8.41. The number of nitrogens with one attached hydrogen (secondary N) is 2. The van der Waals surface area contributed by atoms with Crippen LogP contribution in [0.4, 0.5) is 4.79 Å². The van der Waals surface area contributed by atoms with Crippen LogP contribution in [-0.2, 0) is 9.53 Å². The molecule has 0 heterocycles. The molecule has 144 valence electrons. The summed E-state index contributed by atoms with van der Waals surface area (Å²) in [5, 5.41) is 4.50. The maximum atomic E-state index is 12.2. The first-order chi connectivity index (χ1) is 12.3. The highest BCUT2D eigenvalue weighted by Gasteiger charge is 2.21. The third-order valence-corrected chi connectivity index (χ3v) is 3.20. The molecule has 0 aromatic heterocycles. The molecule has 3 amide bonds. The molecule has 0 bridgehead atoms. The monoisotopic (exact) mass is 366 g/mol. The van der Waals surface area contributed by atoms with Crippen molar-refractivity contribution >= 4 is 17.9 Å². The number of methoxy groups -OCH3 is 1. The zero-order valence-electron chi connectivity index (χ0n) is 15.8. The summed E-state index contributed by atoms with van der Waals surface area (Å²) in [4.78, 5) is 35.4. The predicted octanol–water partition coefficient (Wildman–Crippen LogP) is 2.12. The lowest BCUT2D eigenvalue weighted by Crippen LogP contribution is -2.44.